The van der Waals surface area contributed by atoms with E-state index in [9.17, 15) is 14.7 Å². The number of carboxylic acids is 1. The van der Waals surface area contributed by atoms with Gasteiger partial charge in [0, 0.05) is 18.8 Å². The number of carbonyl (C=O) groups is 2. The summed E-state index contributed by atoms with van der Waals surface area (Å²) >= 11 is 0. The zero-order valence-corrected chi connectivity index (χ0v) is 13.3. The van der Waals surface area contributed by atoms with Crippen LogP contribution in [-0.4, -0.2) is 35.1 Å². The number of anilines is 1. The molecule has 5 nitrogen and oxygen atoms in total. The molecule has 0 aliphatic heterocycles. The van der Waals surface area contributed by atoms with Gasteiger partial charge < -0.3 is 15.3 Å². The quantitative estimate of drug-likeness (QED) is 0.874. The van der Waals surface area contributed by atoms with Crippen LogP contribution in [0.2, 0.25) is 0 Å². The van der Waals surface area contributed by atoms with Crippen LogP contribution in [0.1, 0.15) is 39.7 Å². The molecule has 0 aliphatic rings. The second-order valence-electron chi connectivity index (χ2n) is 5.81. The van der Waals surface area contributed by atoms with Crippen LogP contribution in [0.25, 0.3) is 0 Å². The van der Waals surface area contributed by atoms with Crippen molar-refractivity contribution >= 4 is 17.7 Å². The minimum absolute atomic E-state index is 0.162. The van der Waals surface area contributed by atoms with E-state index >= 15 is 0 Å². The number of carbonyl (C=O) groups excluding carboxylic acids is 1. The fourth-order valence-corrected chi connectivity index (χ4v) is 1.78. The first-order valence-corrected chi connectivity index (χ1v) is 7.07. The summed E-state index contributed by atoms with van der Waals surface area (Å²) in [5, 5.41) is 12.0. The molecule has 2 amide bonds. The number of aliphatic carboxylic acids is 1. The summed E-state index contributed by atoms with van der Waals surface area (Å²) in [7, 11) is 1.76. The maximum absolute atomic E-state index is 12.0. The number of amides is 2. The lowest BCUT2D eigenvalue weighted by atomic mass is 9.85. The van der Waals surface area contributed by atoms with Crippen molar-refractivity contribution in [3.05, 3.63) is 29.8 Å². The van der Waals surface area contributed by atoms with Crippen LogP contribution in [0.15, 0.2) is 24.3 Å². The number of hydrogen-bond donors (Lipinski definition) is 2. The molecule has 0 bridgehead atoms. The fraction of sp³-hybridized carbons (Fsp3) is 0.500. The average molecular weight is 292 g/mol. The number of hydrogen-bond acceptors (Lipinski definition) is 2. The van der Waals surface area contributed by atoms with Crippen molar-refractivity contribution in [2.45, 2.75) is 45.6 Å². The molecule has 0 radical (unpaired) electrons. The van der Waals surface area contributed by atoms with Gasteiger partial charge in [-0.3, -0.25) is 4.79 Å². The number of nitrogens with one attached hydrogen (secondary N) is 1. The van der Waals surface area contributed by atoms with Crippen molar-refractivity contribution in [2.24, 2.45) is 0 Å². The van der Waals surface area contributed by atoms with E-state index in [2.05, 4.69) is 5.32 Å². The van der Waals surface area contributed by atoms with Crippen molar-refractivity contribution in [3.63, 3.8) is 0 Å². The van der Waals surface area contributed by atoms with Gasteiger partial charge in [0.1, 0.15) is 0 Å². The van der Waals surface area contributed by atoms with Gasteiger partial charge in [0.15, 0.2) is 0 Å². The van der Waals surface area contributed by atoms with Gasteiger partial charge in [0.05, 0.1) is 5.41 Å². The van der Waals surface area contributed by atoms with E-state index in [0.717, 1.165) is 6.42 Å². The topological polar surface area (TPSA) is 69.6 Å². The number of carboxylic acid groups (broad SMARTS) is 1. The molecule has 0 spiro atoms. The minimum atomic E-state index is -0.948. The van der Waals surface area contributed by atoms with Crippen molar-refractivity contribution in [2.75, 3.05) is 12.4 Å². The van der Waals surface area contributed by atoms with E-state index in [1.165, 1.54) is 0 Å². The summed E-state index contributed by atoms with van der Waals surface area (Å²) in [4.78, 5) is 24.9. The van der Waals surface area contributed by atoms with Crippen LogP contribution in [-0.2, 0) is 10.2 Å². The van der Waals surface area contributed by atoms with Gasteiger partial charge in [-0.25, -0.2) is 4.79 Å². The van der Waals surface area contributed by atoms with Crippen LogP contribution in [0, 0.1) is 0 Å². The third-order valence-electron chi connectivity index (χ3n) is 3.96. The first-order valence-electron chi connectivity index (χ1n) is 7.07. The van der Waals surface area contributed by atoms with Gasteiger partial charge >= 0.3 is 12.0 Å². The molecule has 0 heterocycles. The first kappa shape index (κ1) is 17.0. The lowest BCUT2D eigenvalue weighted by Crippen LogP contribution is -2.37. The molecule has 0 saturated carbocycles. The van der Waals surface area contributed by atoms with E-state index < -0.39 is 11.4 Å². The van der Waals surface area contributed by atoms with Gasteiger partial charge in [0.2, 0.25) is 0 Å². The highest BCUT2D eigenvalue weighted by Gasteiger charge is 2.29. The Bertz CT molecular complexity index is 509. The van der Waals surface area contributed by atoms with Crippen LogP contribution in [0.5, 0.6) is 0 Å². The van der Waals surface area contributed by atoms with Gasteiger partial charge in [-0.15, -0.1) is 0 Å². The summed E-state index contributed by atoms with van der Waals surface area (Å²) in [6.45, 7) is 7.31. The predicted molar refractivity (Wildman–Crippen MR) is 83.6 cm³/mol. The molecule has 21 heavy (non-hydrogen) atoms. The highest BCUT2D eigenvalue weighted by Crippen LogP contribution is 2.24. The lowest BCUT2D eigenvalue weighted by molar-refractivity contribution is -0.142. The van der Waals surface area contributed by atoms with E-state index in [-0.39, 0.29) is 12.1 Å². The molecular weight excluding hydrogens is 268 g/mol. The summed E-state index contributed by atoms with van der Waals surface area (Å²) in [6.07, 6.45) is 0.885. The molecule has 1 unspecified atom stereocenters. The van der Waals surface area contributed by atoms with E-state index in [4.69, 9.17) is 0 Å². The van der Waals surface area contributed by atoms with Crippen molar-refractivity contribution in [1.82, 2.24) is 4.90 Å². The van der Waals surface area contributed by atoms with E-state index in [0.29, 0.717) is 11.3 Å². The van der Waals surface area contributed by atoms with Crippen molar-refractivity contribution in [1.29, 1.82) is 0 Å². The smallest absolute Gasteiger partial charge is 0.321 e. The fourth-order valence-electron chi connectivity index (χ4n) is 1.78. The van der Waals surface area contributed by atoms with Crippen molar-refractivity contribution in [3.8, 4) is 0 Å². The van der Waals surface area contributed by atoms with E-state index in [1.54, 1.807) is 50.1 Å². The molecule has 0 fully saturated rings. The predicted octanol–water partition coefficient (Wildman–Crippen LogP) is 3.31. The number of nitrogens with zero attached hydrogens (tertiary/aromatic N) is 1. The Morgan fingerprint density at radius 2 is 1.81 bits per heavy atom. The Kier molecular flexibility index (Phi) is 5.35. The average Bonchev–Trinajstić information content (AvgIpc) is 2.45. The second-order valence-corrected chi connectivity index (χ2v) is 5.81. The van der Waals surface area contributed by atoms with Gasteiger partial charge in [-0.2, -0.15) is 0 Å². The molecule has 1 rings (SSSR count). The van der Waals surface area contributed by atoms with Gasteiger partial charge in [-0.1, -0.05) is 19.1 Å². The molecule has 116 valence electrons. The standard InChI is InChI=1S/C16H24N2O3/c1-6-11(2)18(5)15(21)17-13-9-7-12(8-10-13)16(3,4)14(19)20/h7-11H,6H2,1-5H3,(H,17,21)(H,19,20). The van der Waals surface area contributed by atoms with E-state index in [1.807, 2.05) is 13.8 Å². The molecule has 1 aromatic carbocycles. The van der Waals surface area contributed by atoms with Gasteiger partial charge in [-0.05, 0) is 44.9 Å². The normalized spacial score (nSPS) is 12.6. The summed E-state index contributed by atoms with van der Waals surface area (Å²) in [6, 6.07) is 6.90. The second kappa shape index (κ2) is 6.61. The first-order chi connectivity index (χ1) is 9.70. The molecule has 0 aromatic heterocycles. The molecule has 1 aromatic rings. The third kappa shape index (κ3) is 3.97. The maximum atomic E-state index is 12.0. The van der Waals surface area contributed by atoms with Crippen LogP contribution in [0.3, 0.4) is 0 Å². The number of urea groups is 1. The molecule has 0 saturated heterocycles. The Labute approximate surface area is 126 Å². The third-order valence-corrected chi connectivity index (χ3v) is 3.96. The maximum Gasteiger partial charge on any atom is 0.321 e. The number of rotatable bonds is 5. The Hall–Kier alpha value is -2.04. The monoisotopic (exact) mass is 292 g/mol. The van der Waals surface area contributed by atoms with Crippen molar-refractivity contribution < 1.29 is 14.7 Å². The molecular formula is C16H24N2O3. The van der Waals surface area contributed by atoms with Crippen LogP contribution >= 0.6 is 0 Å². The molecule has 0 aliphatic carbocycles. The zero-order chi connectivity index (χ0) is 16.2. The lowest BCUT2D eigenvalue weighted by Gasteiger charge is -2.24. The van der Waals surface area contributed by atoms with Crippen LogP contribution in [0.4, 0.5) is 10.5 Å². The largest absolute Gasteiger partial charge is 0.481 e. The Balaban J connectivity index is 2.80. The highest BCUT2D eigenvalue weighted by molar-refractivity contribution is 5.89. The van der Waals surface area contributed by atoms with Crippen LogP contribution < -0.4 is 5.32 Å². The SMILES string of the molecule is CCC(C)N(C)C(=O)Nc1ccc(C(C)(C)C(=O)O)cc1. The molecule has 1 atom stereocenters. The summed E-state index contributed by atoms with van der Waals surface area (Å²) < 4.78 is 0. The molecule has 2 N–H and O–H groups in total. The zero-order valence-electron chi connectivity index (χ0n) is 13.3. The minimum Gasteiger partial charge on any atom is -0.481 e. The highest BCUT2D eigenvalue weighted by atomic mass is 16.4. The summed E-state index contributed by atoms with van der Waals surface area (Å²) in [5.74, 6) is -0.879. The van der Waals surface area contributed by atoms with Gasteiger partial charge in [0.25, 0.3) is 0 Å². The Morgan fingerprint density at radius 3 is 2.24 bits per heavy atom. The summed E-state index contributed by atoms with van der Waals surface area (Å²) in [5.41, 5.74) is 0.402. The Morgan fingerprint density at radius 1 is 1.29 bits per heavy atom. The number of benzene rings is 1. The molecule has 5 heteroatoms.